The van der Waals surface area contributed by atoms with Crippen molar-refractivity contribution in [3.8, 4) is 0 Å². The van der Waals surface area contributed by atoms with Crippen molar-refractivity contribution in [2.75, 3.05) is 7.11 Å². The molecule has 0 N–H and O–H groups in total. The Bertz CT molecular complexity index is 216. The smallest absolute Gasteiger partial charge is 0.230 e. The van der Waals surface area contributed by atoms with Crippen LogP contribution in [0.25, 0.3) is 0 Å². The summed E-state index contributed by atoms with van der Waals surface area (Å²) in [7, 11) is 1.68. The molecule has 2 heterocycles. The van der Waals surface area contributed by atoms with Gasteiger partial charge in [-0.3, -0.25) is 4.79 Å². The lowest BCUT2D eigenvalue weighted by Gasteiger charge is -2.41. The lowest BCUT2D eigenvalue weighted by molar-refractivity contribution is -0.137. The van der Waals surface area contributed by atoms with Gasteiger partial charge in [-0.25, -0.2) is 0 Å². The van der Waals surface area contributed by atoms with Gasteiger partial charge in [-0.2, -0.15) is 0 Å². The fourth-order valence-corrected chi connectivity index (χ4v) is 2.33. The van der Waals surface area contributed by atoms with Crippen molar-refractivity contribution < 1.29 is 9.53 Å². The molecule has 0 radical (unpaired) electrons. The summed E-state index contributed by atoms with van der Waals surface area (Å²) in [5, 5.41) is 0.331. The van der Waals surface area contributed by atoms with Crippen LogP contribution in [0.15, 0.2) is 12.3 Å². The van der Waals surface area contributed by atoms with Gasteiger partial charge in [-0.15, -0.1) is 11.8 Å². The monoisotopic (exact) mass is 171 g/mol. The standard InChI is InChI=1S/C7H9NO2S/c1-10-7-2-3-8-5(9)4-6(8)11-7/h2-3,6-7H,4H2,1H3/t6-,7-/m0/s1. The molecule has 2 aliphatic heterocycles. The highest BCUT2D eigenvalue weighted by Crippen LogP contribution is 2.36. The number of rotatable bonds is 1. The van der Waals surface area contributed by atoms with Crippen LogP contribution in [0.5, 0.6) is 0 Å². The van der Waals surface area contributed by atoms with Gasteiger partial charge in [0.05, 0.1) is 11.8 Å². The Labute approximate surface area is 69.4 Å². The minimum atomic E-state index is 0.129. The van der Waals surface area contributed by atoms with E-state index in [0.29, 0.717) is 11.8 Å². The van der Waals surface area contributed by atoms with E-state index in [-0.39, 0.29) is 11.3 Å². The molecular weight excluding hydrogens is 162 g/mol. The van der Waals surface area contributed by atoms with Crippen LogP contribution in [0.3, 0.4) is 0 Å². The van der Waals surface area contributed by atoms with Crippen molar-refractivity contribution in [1.29, 1.82) is 0 Å². The number of carbonyl (C=O) groups excluding carboxylic acids is 1. The Morgan fingerprint density at radius 1 is 1.82 bits per heavy atom. The van der Waals surface area contributed by atoms with E-state index in [1.165, 1.54) is 0 Å². The first-order chi connectivity index (χ1) is 5.31. The van der Waals surface area contributed by atoms with E-state index >= 15 is 0 Å². The maximum absolute atomic E-state index is 10.9. The third-order valence-corrected chi connectivity index (χ3v) is 3.20. The second kappa shape index (κ2) is 2.53. The highest BCUT2D eigenvalue weighted by molar-refractivity contribution is 8.00. The molecule has 0 unspecified atom stereocenters. The van der Waals surface area contributed by atoms with Gasteiger partial charge in [0.1, 0.15) is 5.44 Å². The summed E-state index contributed by atoms with van der Waals surface area (Å²) < 4.78 is 5.12. The summed E-state index contributed by atoms with van der Waals surface area (Å²) in [5.41, 5.74) is 0.129. The van der Waals surface area contributed by atoms with Gasteiger partial charge in [-0.1, -0.05) is 0 Å². The van der Waals surface area contributed by atoms with E-state index < -0.39 is 0 Å². The van der Waals surface area contributed by atoms with Crippen molar-refractivity contribution in [3.05, 3.63) is 12.3 Å². The zero-order chi connectivity index (χ0) is 7.84. The molecule has 0 aromatic rings. The molecule has 60 valence electrons. The van der Waals surface area contributed by atoms with Crippen LogP contribution in [-0.2, 0) is 9.53 Å². The zero-order valence-electron chi connectivity index (χ0n) is 6.19. The van der Waals surface area contributed by atoms with Crippen molar-refractivity contribution in [2.45, 2.75) is 17.2 Å². The first-order valence-electron chi connectivity index (χ1n) is 3.49. The van der Waals surface area contributed by atoms with Crippen LogP contribution >= 0.6 is 11.8 Å². The third kappa shape index (κ3) is 1.06. The SMILES string of the molecule is CO[C@@H]1C=CN2C(=O)C[C@@H]2S1. The molecule has 0 aromatic heterocycles. The maximum Gasteiger partial charge on any atom is 0.230 e. The molecule has 0 spiro atoms. The third-order valence-electron chi connectivity index (χ3n) is 1.87. The quantitative estimate of drug-likeness (QED) is 0.546. The predicted molar refractivity (Wildman–Crippen MR) is 42.8 cm³/mol. The fourth-order valence-electron chi connectivity index (χ4n) is 1.19. The minimum absolute atomic E-state index is 0.129. The summed E-state index contributed by atoms with van der Waals surface area (Å²) in [6.07, 6.45) is 4.38. The van der Waals surface area contributed by atoms with Crippen LogP contribution < -0.4 is 0 Å². The van der Waals surface area contributed by atoms with E-state index in [1.807, 2.05) is 12.3 Å². The second-order valence-electron chi connectivity index (χ2n) is 2.54. The highest BCUT2D eigenvalue weighted by atomic mass is 32.2. The lowest BCUT2D eigenvalue weighted by Crippen LogP contribution is -2.49. The molecule has 0 aliphatic carbocycles. The predicted octanol–water partition coefficient (Wildman–Crippen LogP) is 0.778. The number of nitrogens with zero attached hydrogens (tertiary/aromatic N) is 1. The zero-order valence-corrected chi connectivity index (χ0v) is 7.00. The van der Waals surface area contributed by atoms with Gasteiger partial charge in [0.15, 0.2) is 0 Å². The molecule has 2 atom stereocenters. The van der Waals surface area contributed by atoms with E-state index in [9.17, 15) is 4.79 Å². The number of thioether (sulfide) groups is 1. The molecule has 0 bridgehead atoms. The number of carbonyl (C=O) groups is 1. The number of amides is 1. The summed E-state index contributed by atoms with van der Waals surface area (Å²) in [6.45, 7) is 0. The van der Waals surface area contributed by atoms with Crippen molar-refractivity contribution >= 4 is 17.7 Å². The van der Waals surface area contributed by atoms with Crippen LogP contribution in [-0.4, -0.2) is 28.7 Å². The summed E-state index contributed by atoms with van der Waals surface area (Å²) in [4.78, 5) is 12.6. The molecule has 3 nitrogen and oxygen atoms in total. The van der Waals surface area contributed by atoms with Gasteiger partial charge in [0.2, 0.25) is 5.91 Å². The molecule has 2 rings (SSSR count). The molecule has 4 heteroatoms. The average Bonchev–Trinajstić information content (AvgIpc) is 2.02. The number of hydrogen-bond acceptors (Lipinski definition) is 3. The highest BCUT2D eigenvalue weighted by Gasteiger charge is 2.38. The van der Waals surface area contributed by atoms with Crippen LogP contribution in [0.2, 0.25) is 0 Å². The summed E-state index contributed by atoms with van der Waals surface area (Å²) in [6, 6.07) is 0. The van der Waals surface area contributed by atoms with Gasteiger partial charge < -0.3 is 9.64 Å². The van der Waals surface area contributed by atoms with Crippen molar-refractivity contribution in [2.24, 2.45) is 0 Å². The molecule has 2 aliphatic rings. The first kappa shape index (κ1) is 7.18. The molecule has 1 fully saturated rings. The number of methoxy groups -OCH3 is 1. The van der Waals surface area contributed by atoms with Crippen LogP contribution in [0, 0.1) is 0 Å². The molecular formula is C7H9NO2S. The Morgan fingerprint density at radius 2 is 2.64 bits per heavy atom. The fraction of sp³-hybridized carbons (Fsp3) is 0.571. The molecule has 11 heavy (non-hydrogen) atoms. The molecule has 1 saturated heterocycles. The van der Waals surface area contributed by atoms with E-state index in [1.54, 1.807) is 23.8 Å². The normalized spacial score (nSPS) is 35.0. The summed E-state index contributed by atoms with van der Waals surface area (Å²) in [5.74, 6) is 0.216. The maximum atomic E-state index is 10.9. The van der Waals surface area contributed by atoms with Gasteiger partial charge in [0, 0.05) is 13.3 Å². The Hall–Kier alpha value is -0.480. The number of β-lactam (4-membered cyclic amide) rings is 1. The number of fused-ring (bicyclic) bond motifs is 1. The van der Waals surface area contributed by atoms with Crippen molar-refractivity contribution in [3.63, 3.8) is 0 Å². The topological polar surface area (TPSA) is 29.5 Å². The van der Waals surface area contributed by atoms with E-state index in [0.717, 1.165) is 0 Å². The lowest BCUT2D eigenvalue weighted by atomic mass is 10.2. The van der Waals surface area contributed by atoms with E-state index in [4.69, 9.17) is 4.74 Å². The Kier molecular flexibility index (Phi) is 1.65. The number of hydrogen-bond donors (Lipinski definition) is 0. The molecule has 0 saturated carbocycles. The van der Waals surface area contributed by atoms with Crippen LogP contribution in [0.4, 0.5) is 0 Å². The van der Waals surface area contributed by atoms with E-state index in [2.05, 4.69) is 0 Å². The second-order valence-corrected chi connectivity index (χ2v) is 3.82. The molecule has 1 amide bonds. The van der Waals surface area contributed by atoms with Gasteiger partial charge in [-0.05, 0) is 6.08 Å². The summed E-state index contributed by atoms with van der Waals surface area (Å²) >= 11 is 1.68. The van der Waals surface area contributed by atoms with Gasteiger partial charge in [0.25, 0.3) is 0 Å². The minimum Gasteiger partial charge on any atom is -0.367 e. The Morgan fingerprint density at radius 3 is 3.18 bits per heavy atom. The van der Waals surface area contributed by atoms with Crippen molar-refractivity contribution in [1.82, 2.24) is 4.90 Å². The molecule has 0 aromatic carbocycles. The largest absolute Gasteiger partial charge is 0.367 e. The first-order valence-corrected chi connectivity index (χ1v) is 4.43. The van der Waals surface area contributed by atoms with Gasteiger partial charge >= 0.3 is 0 Å². The Balaban J connectivity index is 2.06. The average molecular weight is 171 g/mol. The van der Waals surface area contributed by atoms with Crippen LogP contribution in [0.1, 0.15) is 6.42 Å². The number of ether oxygens (including phenoxy) is 1.